The quantitative estimate of drug-likeness (QED) is 0.318. The first-order valence-corrected chi connectivity index (χ1v) is 0.908. The van der Waals surface area contributed by atoms with E-state index in [2.05, 4.69) is 0 Å². The molecule has 4 heteroatoms. The number of hydrogen-bond acceptors (Lipinski definition) is 2. The summed E-state index contributed by atoms with van der Waals surface area (Å²) in [7, 11) is 0. The minimum absolute atomic E-state index is 0. The van der Waals surface area contributed by atoms with Crippen LogP contribution in [0.15, 0.2) is 0 Å². The smallest absolute Gasteiger partial charge is 0.550 e. The van der Waals surface area contributed by atoms with Crippen molar-refractivity contribution in [2.24, 2.45) is 0 Å². The number of carbonyl (C=O) groups excluding carboxylic acids is 1. The van der Waals surface area contributed by atoms with E-state index in [1.54, 1.807) is 0 Å². The van der Waals surface area contributed by atoms with Crippen molar-refractivity contribution in [2.45, 2.75) is 6.92 Å². The number of rotatable bonds is 0. The van der Waals surface area contributed by atoms with Crippen LogP contribution in [-0.4, -0.2) is 34.5 Å². The summed E-state index contributed by atoms with van der Waals surface area (Å²) < 4.78 is 0. The molecule has 3 nitrogen and oxygen atoms in total. The van der Waals surface area contributed by atoms with Gasteiger partial charge in [0.2, 0.25) is 0 Å². The summed E-state index contributed by atoms with van der Waals surface area (Å²) in [5.41, 5.74) is 0. The molecule has 0 saturated heterocycles. The summed E-state index contributed by atoms with van der Waals surface area (Å²) in [6, 6.07) is 0. The van der Waals surface area contributed by atoms with Gasteiger partial charge in [-0.15, -0.1) is 0 Å². The van der Waals surface area contributed by atoms with Gasteiger partial charge in [0, 0.05) is 5.97 Å². The zero-order valence-electron chi connectivity index (χ0n) is 3.52. The molecular weight excluding hydrogens is 96.3 g/mol. The van der Waals surface area contributed by atoms with E-state index in [-0.39, 0.29) is 28.5 Å². The predicted molar refractivity (Wildman–Crippen MR) is 20.0 cm³/mol. The Morgan fingerprint density at radius 3 is 1.67 bits per heavy atom. The molecule has 0 amide bonds. The first kappa shape index (κ1) is 16.4. The van der Waals surface area contributed by atoms with Gasteiger partial charge in [-0.2, -0.15) is 0 Å². The third-order valence-corrected chi connectivity index (χ3v) is 0. The molecule has 2 N–H and O–H groups in total. The molecule has 0 saturated carbocycles. The molecule has 0 radical (unpaired) electrons. The summed E-state index contributed by atoms with van der Waals surface area (Å²) in [6.45, 7) is 0.972. The third-order valence-electron chi connectivity index (χ3n) is 0. The maximum atomic E-state index is 8.89. The molecule has 0 rings (SSSR count). The molecule has 0 bridgehead atoms. The number of carboxylic acid groups (broad SMARTS) is 1. The molecule has 0 unspecified atom stereocenters. The average Bonchev–Trinajstić information content (AvgIpc) is 0.811. The summed E-state index contributed by atoms with van der Waals surface area (Å²) in [6.07, 6.45) is 0. The maximum Gasteiger partial charge on any atom is 2.00 e. The van der Waals surface area contributed by atoms with Crippen LogP contribution in [0.5, 0.6) is 0 Å². The normalized spacial score (nSPS) is 4.17. The second kappa shape index (κ2) is 8.96. The van der Waals surface area contributed by atoms with Gasteiger partial charge in [0.1, 0.15) is 0 Å². The Morgan fingerprint density at radius 1 is 1.67 bits per heavy atom. The molecule has 32 valence electrons. The van der Waals surface area contributed by atoms with E-state index < -0.39 is 5.97 Å². The summed E-state index contributed by atoms with van der Waals surface area (Å²) in [5.74, 6) is -1.08. The van der Waals surface area contributed by atoms with Gasteiger partial charge in [-0.3, -0.25) is 0 Å². The fraction of sp³-hybridized carbons (Fsp3) is 0.500. The maximum absolute atomic E-state index is 8.89. The molecule has 6 heavy (non-hydrogen) atoms. The number of carbonyl (C=O) groups is 1. The fourth-order valence-electron chi connectivity index (χ4n) is 0. The number of carboxylic acids is 1. The second-order valence-electron chi connectivity index (χ2n) is 0.492. The molecule has 0 aromatic rings. The van der Waals surface area contributed by atoms with Crippen LogP contribution in [0.1, 0.15) is 6.92 Å². The van der Waals surface area contributed by atoms with Gasteiger partial charge < -0.3 is 15.4 Å². The van der Waals surface area contributed by atoms with Crippen LogP contribution in [0, 0.1) is 0 Å². The monoisotopic (exact) mass is 101 g/mol. The van der Waals surface area contributed by atoms with Crippen LogP contribution in [0.25, 0.3) is 0 Å². The molecule has 0 fully saturated rings. The SMILES string of the molecule is CC(=O)[O-].O.[Mg+2]. The van der Waals surface area contributed by atoms with Gasteiger partial charge >= 0.3 is 23.1 Å². The van der Waals surface area contributed by atoms with Gasteiger partial charge in [-0.1, -0.05) is 0 Å². The van der Waals surface area contributed by atoms with E-state index in [4.69, 9.17) is 9.90 Å². The molecule has 0 spiro atoms. The Bertz CT molecular complexity index is 31.8. The van der Waals surface area contributed by atoms with E-state index in [1.165, 1.54) is 0 Å². The zero-order chi connectivity index (χ0) is 3.58. The molecular formula is C2H5MgO3+. The van der Waals surface area contributed by atoms with Crippen molar-refractivity contribution in [3.05, 3.63) is 0 Å². The van der Waals surface area contributed by atoms with E-state index in [0.717, 1.165) is 6.92 Å². The second-order valence-corrected chi connectivity index (χ2v) is 0.492. The Labute approximate surface area is 51.8 Å². The Kier molecular flexibility index (Phi) is 24.4. The first-order valence-electron chi connectivity index (χ1n) is 0.908. The predicted octanol–water partition coefficient (Wildman–Crippen LogP) is -2.45. The standard InChI is InChI=1S/C2H4O2.Mg.H2O/c1-2(3)4;;/h1H3,(H,3,4);;1H2/q;+2;/p-1. The van der Waals surface area contributed by atoms with Crippen molar-refractivity contribution in [1.82, 2.24) is 0 Å². The molecule has 0 aliphatic heterocycles. The van der Waals surface area contributed by atoms with Crippen LogP contribution < -0.4 is 5.11 Å². The van der Waals surface area contributed by atoms with Gasteiger partial charge in [0.05, 0.1) is 0 Å². The van der Waals surface area contributed by atoms with Crippen molar-refractivity contribution in [3.63, 3.8) is 0 Å². The van der Waals surface area contributed by atoms with Crippen LogP contribution in [-0.2, 0) is 4.79 Å². The van der Waals surface area contributed by atoms with Crippen molar-refractivity contribution in [2.75, 3.05) is 0 Å². The minimum Gasteiger partial charge on any atom is -0.550 e. The molecule has 0 heterocycles. The average molecular weight is 101 g/mol. The van der Waals surface area contributed by atoms with Crippen molar-refractivity contribution >= 4 is 29.0 Å². The molecule has 0 aliphatic carbocycles. The molecule has 0 atom stereocenters. The zero-order valence-corrected chi connectivity index (χ0v) is 4.94. The van der Waals surface area contributed by atoms with Gasteiger partial charge in [0.15, 0.2) is 0 Å². The van der Waals surface area contributed by atoms with E-state index in [1.807, 2.05) is 0 Å². The van der Waals surface area contributed by atoms with E-state index in [9.17, 15) is 0 Å². The van der Waals surface area contributed by atoms with E-state index >= 15 is 0 Å². The minimum atomic E-state index is -1.08. The molecule has 0 aromatic carbocycles. The summed E-state index contributed by atoms with van der Waals surface area (Å²) in [5, 5.41) is 8.89. The van der Waals surface area contributed by atoms with Crippen LogP contribution in [0.2, 0.25) is 0 Å². The Balaban J connectivity index is -0.0000000450. The Hall–Kier alpha value is 0.196. The summed E-state index contributed by atoms with van der Waals surface area (Å²) >= 11 is 0. The third kappa shape index (κ3) is 1110. The molecule has 0 aliphatic rings. The summed E-state index contributed by atoms with van der Waals surface area (Å²) in [4.78, 5) is 8.89. The van der Waals surface area contributed by atoms with Crippen molar-refractivity contribution < 1.29 is 15.4 Å². The van der Waals surface area contributed by atoms with Crippen molar-refractivity contribution in [3.8, 4) is 0 Å². The van der Waals surface area contributed by atoms with Crippen LogP contribution >= 0.6 is 0 Å². The van der Waals surface area contributed by atoms with Gasteiger partial charge in [0.25, 0.3) is 0 Å². The fourth-order valence-corrected chi connectivity index (χ4v) is 0. The Morgan fingerprint density at radius 2 is 1.67 bits per heavy atom. The first-order chi connectivity index (χ1) is 1.73. The van der Waals surface area contributed by atoms with Crippen molar-refractivity contribution in [1.29, 1.82) is 0 Å². The molecule has 0 aromatic heterocycles. The van der Waals surface area contributed by atoms with Crippen LogP contribution in [0.3, 0.4) is 0 Å². The number of hydrogen-bond donors (Lipinski definition) is 0. The van der Waals surface area contributed by atoms with Crippen LogP contribution in [0.4, 0.5) is 0 Å². The van der Waals surface area contributed by atoms with Gasteiger partial charge in [-0.05, 0) is 6.92 Å². The largest absolute Gasteiger partial charge is 2.00 e. The number of aliphatic carboxylic acids is 1. The van der Waals surface area contributed by atoms with Gasteiger partial charge in [-0.25, -0.2) is 0 Å². The van der Waals surface area contributed by atoms with E-state index in [0.29, 0.717) is 0 Å². The topological polar surface area (TPSA) is 71.6 Å².